The van der Waals surface area contributed by atoms with Crippen LogP contribution in [0.4, 0.5) is 0 Å². The van der Waals surface area contributed by atoms with Gasteiger partial charge in [0.25, 0.3) is 0 Å². The quantitative estimate of drug-likeness (QED) is 0.733. The number of benzene rings is 1. The van der Waals surface area contributed by atoms with Crippen molar-refractivity contribution in [1.29, 1.82) is 0 Å². The molecule has 0 radical (unpaired) electrons. The zero-order valence-electron chi connectivity index (χ0n) is 9.18. The maximum atomic E-state index is 11.6. The van der Waals surface area contributed by atoms with E-state index in [1.807, 2.05) is 0 Å². The van der Waals surface area contributed by atoms with Crippen LogP contribution >= 0.6 is 0 Å². The first kappa shape index (κ1) is 11.2. The van der Waals surface area contributed by atoms with Crippen LogP contribution in [0, 0.1) is 0 Å². The first-order valence-corrected chi connectivity index (χ1v) is 5.27. The zero-order valence-corrected chi connectivity index (χ0v) is 9.18. The second-order valence-electron chi connectivity index (χ2n) is 3.66. The molecule has 1 aromatic heterocycles. The molecule has 0 aliphatic carbocycles. The number of phenols is 1. The molecule has 0 unspecified atom stereocenters. The summed E-state index contributed by atoms with van der Waals surface area (Å²) in [6, 6.07) is 8.60. The van der Waals surface area contributed by atoms with Crippen LogP contribution in [0.5, 0.6) is 5.75 Å². The molecule has 2 rings (SSSR count). The van der Waals surface area contributed by atoms with Crippen molar-refractivity contribution in [3.05, 3.63) is 47.8 Å². The number of phenolic OH excluding ortho intramolecular Hbond substituents is 1. The van der Waals surface area contributed by atoms with Gasteiger partial charge in [-0.15, -0.1) is 0 Å². The molecule has 5 nitrogen and oxygen atoms in total. The smallest absolute Gasteiger partial charge is 0.224 e. The lowest BCUT2D eigenvalue weighted by molar-refractivity contribution is -0.120. The standard InChI is InChI=1S/C12H13N3O2/c16-11-4-2-1-3-9(11)7-12(17)13-8-10-5-6-14-15-10/h1-6,16H,7-8H2,(H,13,17)(H,14,15). The van der Waals surface area contributed by atoms with Gasteiger partial charge in [0.05, 0.1) is 18.7 Å². The third-order valence-electron chi connectivity index (χ3n) is 2.38. The molecule has 0 aliphatic rings. The van der Waals surface area contributed by atoms with E-state index >= 15 is 0 Å². The predicted octanol–water partition coefficient (Wildman–Crippen LogP) is 0.974. The van der Waals surface area contributed by atoms with Crippen molar-refractivity contribution in [2.45, 2.75) is 13.0 Å². The van der Waals surface area contributed by atoms with E-state index in [1.54, 1.807) is 36.5 Å². The Morgan fingerprint density at radius 2 is 2.18 bits per heavy atom. The molecule has 3 N–H and O–H groups in total. The van der Waals surface area contributed by atoms with E-state index in [9.17, 15) is 9.90 Å². The van der Waals surface area contributed by atoms with Crippen molar-refractivity contribution in [2.24, 2.45) is 0 Å². The average Bonchev–Trinajstić information content (AvgIpc) is 2.82. The first-order valence-electron chi connectivity index (χ1n) is 5.27. The number of carbonyl (C=O) groups is 1. The molecule has 88 valence electrons. The van der Waals surface area contributed by atoms with Crippen LogP contribution in [0.1, 0.15) is 11.3 Å². The molecule has 0 aliphatic heterocycles. The van der Waals surface area contributed by atoms with Crippen molar-refractivity contribution in [2.75, 3.05) is 0 Å². The van der Waals surface area contributed by atoms with Gasteiger partial charge in [-0.2, -0.15) is 5.10 Å². The number of hydrogen-bond acceptors (Lipinski definition) is 3. The molecule has 0 fully saturated rings. The van der Waals surface area contributed by atoms with E-state index < -0.39 is 0 Å². The van der Waals surface area contributed by atoms with Gasteiger partial charge in [-0.3, -0.25) is 9.89 Å². The van der Waals surface area contributed by atoms with E-state index in [0.29, 0.717) is 12.1 Å². The number of hydrogen-bond donors (Lipinski definition) is 3. The summed E-state index contributed by atoms with van der Waals surface area (Å²) in [6.07, 6.45) is 1.80. The van der Waals surface area contributed by atoms with Gasteiger partial charge in [0.2, 0.25) is 5.91 Å². The van der Waals surface area contributed by atoms with Gasteiger partial charge in [-0.1, -0.05) is 18.2 Å². The monoisotopic (exact) mass is 231 g/mol. The highest BCUT2D eigenvalue weighted by atomic mass is 16.3. The van der Waals surface area contributed by atoms with Crippen LogP contribution in [0.3, 0.4) is 0 Å². The summed E-state index contributed by atoms with van der Waals surface area (Å²) < 4.78 is 0. The van der Waals surface area contributed by atoms with Gasteiger partial charge in [0.1, 0.15) is 5.75 Å². The van der Waals surface area contributed by atoms with Crippen molar-refractivity contribution in [3.8, 4) is 5.75 Å². The Bertz CT molecular complexity index is 494. The minimum atomic E-state index is -0.138. The van der Waals surface area contributed by atoms with Crippen molar-refractivity contribution in [1.82, 2.24) is 15.5 Å². The molecule has 1 amide bonds. The number of nitrogens with zero attached hydrogens (tertiary/aromatic N) is 1. The van der Waals surface area contributed by atoms with Gasteiger partial charge in [-0.25, -0.2) is 0 Å². The summed E-state index contributed by atoms with van der Waals surface area (Å²) in [4.78, 5) is 11.6. The van der Waals surface area contributed by atoms with Crippen LogP contribution in [0.2, 0.25) is 0 Å². The second kappa shape index (κ2) is 5.16. The Kier molecular flexibility index (Phi) is 3.40. The maximum absolute atomic E-state index is 11.6. The number of amides is 1. The largest absolute Gasteiger partial charge is 0.508 e. The molecule has 0 atom stereocenters. The molecule has 2 aromatic rings. The molecule has 1 aromatic carbocycles. The van der Waals surface area contributed by atoms with Crippen LogP contribution in [-0.4, -0.2) is 21.2 Å². The molecular weight excluding hydrogens is 218 g/mol. The minimum Gasteiger partial charge on any atom is -0.508 e. The normalized spacial score (nSPS) is 10.1. The third kappa shape index (κ3) is 3.07. The van der Waals surface area contributed by atoms with E-state index in [1.165, 1.54) is 0 Å². The molecule has 0 spiro atoms. The summed E-state index contributed by atoms with van der Waals surface area (Å²) in [5.74, 6) is 0.00490. The number of nitrogens with one attached hydrogen (secondary N) is 2. The highest BCUT2D eigenvalue weighted by Crippen LogP contribution is 2.15. The lowest BCUT2D eigenvalue weighted by Gasteiger charge is -2.05. The summed E-state index contributed by atoms with van der Waals surface area (Å²) in [5.41, 5.74) is 1.46. The fourth-order valence-corrected chi connectivity index (χ4v) is 1.47. The summed E-state index contributed by atoms with van der Waals surface area (Å²) >= 11 is 0. The average molecular weight is 231 g/mol. The number of H-pyrrole nitrogens is 1. The van der Waals surface area contributed by atoms with E-state index in [-0.39, 0.29) is 18.1 Å². The van der Waals surface area contributed by atoms with Crippen LogP contribution < -0.4 is 5.32 Å². The maximum Gasteiger partial charge on any atom is 0.224 e. The van der Waals surface area contributed by atoms with Gasteiger partial charge in [0, 0.05) is 11.8 Å². The minimum absolute atomic E-state index is 0.138. The van der Waals surface area contributed by atoms with Crippen molar-refractivity contribution < 1.29 is 9.90 Å². The fourth-order valence-electron chi connectivity index (χ4n) is 1.47. The number of carbonyl (C=O) groups excluding carboxylic acids is 1. The lowest BCUT2D eigenvalue weighted by Crippen LogP contribution is -2.24. The van der Waals surface area contributed by atoms with E-state index in [2.05, 4.69) is 15.5 Å². The first-order chi connectivity index (χ1) is 8.25. The van der Waals surface area contributed by atoms with Crippen LogP contribution in [0.25, 0.3) is 0 Å². The molecule has 0 bridgehead atoms. The van der Waals surface area contributed by atoms with E-state index in [4.69, 9.17) is 0 Å². The van der Waals surface area contributed by atoms with Gasteiger partial charge in [0.15, 0.2) is 0 Å². The summed E-state index contributed by atoms with van der Waals surface area (Å²) in [7, 11) is 0. The highest BCUT2D eigenvalue weighted by molar-refractivity contribution is 5.79. The Morgan fingerprint density at radius 3 is 2.88 bits per heavy atom. The fraction of sp³-hybridized carbons (Fsp3) is 0.167. The molecule has 0 saturated carbocycles. The van der Waals surface area contributed by atoms with Crippen molar-refractivity contribution >= 4 is 5.91 Å². The number of aromatic amines is 1. The summed E-state index contributed by atoms with van der Waals surface area (Å²) in [6.45, 7) is 0.409. The Hall–Kier alpha value is -2.30. The highest BCUT2D eigenvalue weighted by Gasteiger charge is 2.06. The Balaban J connectivity index is 1.87. The number of aromatic hydroxyl groups is 1. The Morgan fingerprint density at radius 1 is 1.35 bits per heavy atom. The zero-order chi connectivity index (χ0) is 12.1. The van der Waals surface area contributed by atoms with Crippen molar-refractivity contribution in [3.63, 3.8) is 0 Å². The molecule has 17 heavy (non-hydrogen) atoms. The topological polar surface area (TPSA) is 78.0 Å². The number of para-hydroxylation sites is 1. The van der Waals surface area contributed by atoms with Gasteiger partial charge in [-0.05, 0) is 12.1 Å². The molecule has 1 heterocycles. The molecule has 5 heteroatoms. The lowest BCUT2D eigenvalue weighted by atomic mass is 10.1. The van der Waals surface area contributed by atoms with Crippen LogP contribution in [0.15, 0.2) is 36.5 Å². The third-order valence-corrected chi connectivity index (χ3v) is 2.38. The SMILES string of the molecule is O=C(Cc1ccccc1O)NCc1ccn[nH]1. The van der Waals surface area contributed by atoms with Crippen LogP contribution in [-0.2, 0) is 17.8 Å². The molecule has 0 saturated heterocycles. The summed E-state index contributed by atoms with van der Waals surface area (Å²) in [5, 5.41) is 18.8. The number of rotatable bonds is 4. The predicted molar refractivity (Wildman–Crippen MR) is 62.2 cm³/mol. The van der Waals surface area contributed by atoms with Gasteiger partial charge >= 0.3 is 0 Å². The number of aromatic nitrogens is 2. The Labute approximate surface area is 98.5 Å². The molecular formula is C12H13N3O2. The van der Waals surface area contributed by atoms with Gasteiger partial charge < -0.3 is 10.4 Å². The second-order valence-corrected chi connectivity index (χ2v) is 3.66. The van der Waals surface area contributed by atoms with E-state index in [0.717, 1.165) is 5.69 Å².